The standard InChI is InChI=1S/C24H28ClFN4O2/c1-3-17-6-4-9-30(17)10-5-11-32-23-13-18-21(14-22(23)31-2)27-15-28-24(18)29-16-7-8-20(26)19(25)12-16/h7-8,12-15,17H,3-6,9-11H2,1-2H3,(H,27,28,29). The van der Waals surface area contributed by atoms with Crippen molar-refractivity contribution in [2.75, 3.05) is 32.1 Å². The van der Waals surface area contributed by atoms with Gasteiger partial charge in [-0.2, -0.15) is 0 Å². The van der Waals surface area contributed by atoms with E-state index >= 15 is 0 Å². The lowest BCUT2D eigenvalue weighted by atomic mass is 10.2. The van der Waals surface area contributed by atoms with Crippen LogP contribution in [0.25, 0.3) is 10.9 Å². The van der Waals surface area contributed by atoms with Gasteiger partial charge in [-0.1, -0.05) is 18.5 Å². The maximum atomic E-state index is 13.5. The molecule has 0 bridgehead atoms. The molecule has 2 aromatic carbocycles. The number of hydrogen-bond acceptors (Lipinski definition) is 6. The number of nitrogens with zero attached hydrogens (tertiary/aromatic N) is 3. The Morgan fingerprint density at radius 1 is 1.22 bits per heavy atom. The molecule has 8 heteroatoms. The zero-order chi connectivity index (χ0) is 22.5. The van der Waals surface area contributed by atoms with E-state index in [0.29, 0.717) is 41.2 Å². The van der Waals surface area contributed by atoms with Gasteiger partial charge in [-0.3, -0.25) is 0 Å². The average molecular weight is 459 g/mol. The summed E-state index contributed by atoms with van der Waals surface area (Å²) in [6.07, 6.45) is 6.20. The molecule has 1 N–H and O–H groups in total. The number of rotatable bonds is 9. The molecule has 0 saturated carbocycles. The van der Waals surface area contributed by atoms with Crippen LogP contribution in [0.1, 0.15) is 32.6 Å². The number of likely N-dealkylation sites (tertiary alicyclic amines) is 1. The number of ether oxygens (including phenoxy) is 2. The second kappa shape index (κ2) is 10.3. The lowest BCUT2D eigenvalue weighted by Crippen LogP contribution is -2.30. The molecule has 1 fully saturated rings. The van der Waals surface area contributed by atoms with Gasteiger partial charge in [-0.25, -0.2) is 14.4 Å². The zero-order valence-electron chi connectivity index (χ0n) is 18.4. The molecule has 6 nitrogen and oxygen atoms in total. The SMILES string of the molecule is CCC1CCCN1CCCOc1cc2c(Nc3ccc(F)c(Cl)c3)ncnc2cc1OC. The van der Waals surface area contributed by atoms with Crippen LogP contribution >= 0.6 is 11.6 Å². The van der Waals surface area contributed by atoms with Crippen molar-refractivity contribution in [1.82, 2.24) is 14.9 Å². The van der Waals surface area contributed by atoms with Crippen LogP contribution < -0.4 is 14.8 Å². The number of methoxy groups -OCH3 is 1. The molecular formula is C24H28ClFN4O2. The van der Waals surface area contributed by atoms with Crippen molar-refractivity contribution < 1.29 is 13.9 Å². The summed E-state index contributed by atoms with van der Waals surface area (Å²) in [6, 6.07) is 8.87. The van der Waals surface area contributed by atoms with E-state index in [-0.39, 0.29) is 5.02 Å². The summed E-state index contributed by atoms with van der Waals surface area (Å²) in [4.78, 5) is 11.3. The third-order valence-electron chi connectivity index (χ3n) is 5.92. The summed E-state index contributed by atoms with van der Waals surface area (Å²) >= 11 is 5.91. The van der Waals surface area contributed by atoms with Crippen molar-refractivity contribution in [3.63, 3.8) is 0 Å². The highest BCUT2D eigenvalue weighted by Gasteiger charge is 2.22. The Labute approximate surface area is 192 Å². The molecule has 170 valence electrons. The third-order valence-corrected chi connectivity index (χ3v) is 6.21. The van der Waals surface area contributed by atoms with Crippen LogP contribution in [-0.2, 0) is 0 Å². The smallest absolute Gasteiger partial charge is 0.162 e. The van der Waals surface area contributed by atoms with Gasteiger partial charge in [0.1, 0.15) is 18.0 Å². The van der Waals surface area contributed by atoms with Gasteiger partial charge in [0.2, 0.25) is 0 Å². The highest BCUT2D eigenvalue weighted by atomic mass is 35.5. The predicted octanol–water partition coefficient (Wildman–Crippen LogP) is 5.82. The highest BCUT2D eigenvalue weighted by Crippen LogP contribution is 2.35. The van der Waals surface area contributed by atoms with Gasteiger partial charge >= 0.3 is 0 Å². The second-order valence-corrected chi connectivity index (χ2v) is 8.35. The minimum Gasteiger partial charge on any atom is -0.493 e. The Balaban J connectivity index is 1.50. The van der Waals surface area contributed by atoms with Crippen molar-refractivity contribution in [3.8, 4) is 11.5 Å². The highest BCUT2D eigenvalue weighted by molar-refractivity contribution is 6.31. The first-order valence-electron chi connectivity index (χ1n) is 11.0. The van der Waals surface area contributed by atoms with Crippen LogP contribution in [0.4, 0.5) is 15.9 Å². The first-order valence-corrected chi connectivity index (χ1v) is 11.4. The summed E-state index contributed by atoms with van der Waals surface area (Å²) in [7, 11) is 1.62. The van der Waals surface area contributed by atoms with Crippen molar-refractivity contribution in [1.29, 1.82) is 0 Å². The lowest BCUT2D eigenvalue weighted by Gasteiger charge is -2.23. The van der Waals surface area contributed by atoms with Crippen LogP contribution in [0.2, 0.25) is 5.02 Å². The summed E-state index contributed by atoms with van der Waals surface area (Å²) in [5.74, 6) is 1.38. The van der Waals surface area contributed by atoms with E-state index in [1.165, 1.54) is 44.3 Å². The zero-order valence-corrected chi connectivity index (χ0v) is 19.2. The number of aromatic nitrogens is 2. The van der Waals surface area contributed by atoms with E-state index in [4.69, 9.17) is 21.1 Å². The molecular weight excluding hydrogens is 431 g/mol. The van der Waals surface area contributed by atoms with E-state index in [9.17, 15) is 4.39 Å². The fourth-order valence-corrected chi connectivity index (χ4v) is 4.43. The molecule has 0 amide bonds. The fraction of sp³-hybridized carbons (Fsp3) is 0.417. The average Bonchev–Trinajstić information content (AvgIpc) is 3.26. The van der Waals surface area contributed by atoms with Crippen LogP contribution in [-0.4, -0.2) is 47.7 Å². The molecule has 1 saturated heterocycles. The maximum absolute atomic E-state index is 13.5. The van der Waals surface area contributed by atoms with Crippen molar-refractivity contribution in [2.24, 2.45) is 0 Å². The van der Waals surface area contributed by atoms with Gasteiger partial charge in [0.05, 0.1) is 24.3 Å². The number of halogens is 2. The third kappa shape index (κ3) is 5.05. The quantitative estimate of drug-likeness (QED) is 0.408. The largest absolute Gasteiger partial charge is 0.493 e. The van der Waals surface area contributed by atoms with Crippen LogP contribution in [0.15, 0.2) is 36.7 Å². The summed E-state index contributed by atoms with van der Waals surface area (Å²) in [5, 5.41) is 4.01. The molecule has 1 atom stereocenters. The molecule has 0 aliphatic carbocycles. The lowest BCUT2D eigenvalue weighted by molar-refractivity contribution is 0.215. The molecule has 4 rings (SSSR count). The summed E-state index contributed by atoms with van der Waals surface area (Å²) < 4.78 is 25.1. The molecule has 0 radical (unpaired) electrons. The normalized spacial score (nSPS) is 16.4. The first-order chi connectivity index (χ1) is 15.6. The van der Waals surface area contributed by atoms with E-state index in [1.54, 1.807) is 13.2 Å². The molecule has 1 aromatic heterocycles. The minimum absolute atomic E-state index is 0.0439. The molecule has 0 spiro atoms. The van der Waals surface area contributed by atoms with E-state index < -0.39 is 5.82 Å². The molecule has 2 heterocycles. The number of fused-ring (bicyclic) bond motifs is 1. The monoisotopic (exact) mass is 458 g/mol. The van der Waals surface area contributed by atoms with Gasteiger partial charge in [0.15, 0.2) is 11.5 Å². The van der Waals surface area contributed by atoms with E-state index in [2.05, 4.69) is 27.1 Å². The van der Waals surface area contributed by atoms with Crippen molar-refractivity contribution in [2.45, 2.75) is 38.6 Å². The number of nitrogens with one attached hydrogen (secondary N) is 1. The van der Waals surface area contributed by atoms with E-state index in [0.717, 1.165) is 18.4 Å². The van der Waals surface area contributed by atoms with Gasteiger partial charge in [0.25, 0.3) is 0 Å². The van der Waals surface area contributed by atoms with Crippen molar-refractivity contribution in [3.05, 3.63) is 47.5 Å². The molecule has 3 aromatic rings. The number of benzene rings is 2. The second-order valence-electron chi connectivity index (χ2n) is 7.94. The minimum atomic E-state index is -0.468. The Bertz CT molecular complexity index is 1080. The molecule has 32 heavy (non-hydrogen) atoms. The van der Waals surface area contributed by atoms with Crippen LogP contribution in [0.5, 0.6) is 11.5 Å². The molecule has 1 unspecified atom stereocenters. The van der Waals surface area contributed by atoms with Gasteiger partial charge in [-0.05, 0) is 56.5 Å². The Kier molecular flexibility index (Phi) is 7.27. The number of anilines is 2. The Morgan fingerprint density at radius 2 is 2.09 bits per heavy atom. The van der Waals surface area contributed by atoms with Crippen molar-refractivity contribution >= 4 is 34.0 Å². The van der Waals surface area contributed by atoms with Gasteiger partial charge in [0, 0.05) is 29.7 Å². The van der Waals surface area contributed by atoms with E-state index in [1.807, 2.05) is 12.1 Å². The summed E-state index contributed by atoms with van der Waals surface area (Å²) in [5.41, 5.74) is 1.34. The maximum Gasteiger partial charge on any atom is 0.162 e. The molecule has 1 aliphatic rings. The van der Waals surface area contributed by atoms with Crippen LogP contribution in [0.3, 0.4) is 0 Å². The topological polar surface area (TPSA) is 59.5 Å². The molecule has 1 aliphatic heterocycles. The van der Waals surface area contributed by atoms with Gasteiger partial charge in [-0.15, -0.1) is 0 Å². The predicted molar refractivity (Wildman–Crippen MR) is 126 cm³/mol. The Hall–Kier alpha value is -2.64. The summed E-state index contributed by atoms with van der Waals surface area (Å²) in [6.45, 7) is 5.07. The van der Waals surface area contributed by atoms with Crippen LogP contribution in [0, 0.1) is 5.82 Å². The number of hydrogen-bond donors (Lipinski definition) is 1. The van der Waals surface area contributed by atoms with Gasteiger partial charge < -0.3 is 19.7 Å². The first kappa shape index (κ1) is 22.6. The fourth-order valence-electron chi connectivity index (χ4n) is 4.25. The Morgan fingerprint density at radius 3 is 2.88 bits per heavy atom.